The Kier molecular flexibility index (Phi) is 4.26. The normalized spacial score (nSPS) is 15.6. The summed E-state index contributed by atoms with van der Waals surface area (Å²) in [7, 11) is 1.70. The fourth-order valence-corrected chi connectivity index (χ4v) is 4.48. The average molecular weight is 356 g/mol. The number of nitrogens with two attached hydrogens (primary N) is 1. The van der Waals surface area contributed by atoms with Crippen LogP contribution in [0.4, 0.5) is 0 Å². The zero-order valence-corrected chi connectivity index (χ0v) is 13.8. The van der Waals surface area contributed by atoms with Crippen LogP contribution in [0, 0.1) is 0 Å². The van der Waals surface area contributed by atoms with Crippen molar-refractivity contribution in [2.45, 2.75) is 31.8 Å². The Bertz CT molecular complexity index is 586. The zero-order chi connectivity index (χ0) is 14.1. The zero-order valence-electron chi connectivity index (χ0n) is 11.4. The molecule has 0 aliphatic heterocycles. The minimum atomic E-state index is -0.126. The summed E-state index contributed by atoms with van der Waals surface area (Å²) in [4.78, 5) is 2.74. The van der Waals surface area contributed by atoms with E-state index in [1.54, 1.807) is 7.11 Å². The van der Waals surface area contributed by atoms with E-state index in [4.69, 9.17) is 10.5 Å². The van der Waals surface area contributed by atoms with Gasteiger partial charge in [-0.1, -0.05) is 0 Å². The molecule has 108 valence electrons. The summed E-state index contributed by atoms with van der Waals surface area (Å²) < 4.78 is 8.03. The van der Waals surface area contributed by atoms with Crippen LogP contribution in [0.2, 0.25) is 0 Å². The second-order valence-corrected chi connectivity index (χ2v) is 7.04. The van der Waals surface area contributed by atoms with E-state index < -0.39 is 0 Å². The summed E-state index contributed by atoms with van der Waals surface area (Å²) in [5.74, 6) is 0. The average Bonchev–Trinajstić information content (AvgIpc) is 3.09. The molecule has 2 aromatic heterocycles. The largest absolute Gasteiger partial charge is 0.383 e. The molecule has 0 aromatic carbocycles. The van der Waals surface area contributed by atoms with Crippen molar-refractivity contribution in [2.24, 2.45) is 5.73 Å². The molecule has 0 bridgehead atoms. The summed E-state index contributed by atoms with van der Waals surface area (Å²) in [6.07, 6.45) is 5.50. The Hall–Kier alpha value is -0.690. The van der Waals surface area contributed by atoms with Crippen LogP contribution >= 0.6 is 27.3 Å². The van der Waals surface area contributed by atoms with Crippen LogP contribution in [0.25, 0.3) is 0 Å². The Labute approximate surface area is 131 Å². The molecule has 1 aliphatic rings. The molecule has 0 amide bonds. The lowest BCUT2D eigenvalue weighted by molar-refractivity contribution is 0.182. The van der Waals surface area contributed by atoms with Crippen molar-refractivity contribution in [3.05, 3.63) is 37.7 Å². The lowest BCUT2D eigenvalue weighted by atomic mass is 10.1. The number of aromatic nitrogens is 2. The van der Waals surface area contributed by atoms with Gasteiger partial charge in [-0.25, -0.2) is 0 Å². The van der Waals surface area contributed by atoms with Gasteiger partial charge in [0.15, 0.2) is 0 Å². The van der Waals surface area contributed by atoms with E-state index in [0.29, 0.717) is 6.61 Å². The fourth-order valence-electron chi connectivity index (χ4n) is 2.68. The van der Waals surface area contributed by atoms with Gasteiger partial charge in [-0.2, -0.15) is 5.10 Å². The van der Waals surface area contributed by atoms with Crippen LogP contribution < -0.4 is 5.73 Å². The molecule has 1 atom stereocenters. The predicted octanol–water partition coefficient (Wildman–Crippen LogP) is 2.89. The first kappa shape index (κ1) is 14.3. The fraction of sp³-hybridized carbons (Fsp3) is 0.500. The van der Waals surface area contributed by atoms with E-state index in [9.17, 15) is 0 Å². The Morgan fingerprint density at radius 1 is 1.55 bits per heavy atom. The number of rotatable bonds is 5. The van der Waals surface area contributed by atoms with E-state index in [1.807, 2.05) is 22.2 Å². The van der Waals surface area contributed by atoms with Gasteiger partial charge in [0.2, 0.25) is 0 Å². The second kappa shape index (κ2) is 5.97. The van der Waals surface area contributed by atoms with Gasteiger partial charge in [0, 0.05) is 16.9 Å². The maximum Gasteiger partial charge on any atom is 0.0828 e. The summed E-state index contributed by atoms with van der Waals surface area (Å²) in [6.45, 7) is 1.35. The van der Waals surface area contributed by atoms with Gasteiger partial charge in [-0.3, -0.25) is 4.68 Å². The highest BCUT2D eigenvalue weighted by Crippen LogP contribution is 2.36. The first-order chi connectivity index (χ1) is 9.70. The molecule has 20 heavy (non-hydrogen) atoms. The predicted molar refractivity (Wildman–Crippen MR) is 84.2 cm³/mol. The Morgan fingerprint density at radius 3 is 3.15 bits per heavy atom. The van der Waals surface area contributed by atoms with Crippen molar-refractivity contribution in [3.8, 4) is 0 Å². The number of hydrogen-bond donors (Lipinski definition) is 1. The first-order valence-corrected chi connectivity index (χ1v) is 8.39. The third kappa shape index (κ3) is 2.57. The van der Waals surface area contributed by atoms with Crippen LogP contribution in [0.15, 0.2) is 16.7 Å². The molecule has 2 aromatic rings. The number of fused-ring (bicyclic) bond motifs is 1. The standard InChI is InChI=1S/C14H18BrN3OS/c1-19-6-5-18-14(10(15)8-17-18)13(16)12-7-9-3-2-4-11(9)20-12/h7-8,13H,2-6,16H2,1H3. The van der Waals surface area contributed by atoms with E-state index >= 15 is 0 Å². The maximum atomic E-state index is 6.47. The smallest absolute Gasteiger partial charge is 0.0828 e. The van der Waals surface area contributed by atoms with Crippen LogP contribution in [-0.4, -0.2) is 23.5 Å². The highest BCUT2D eigenvalue weighted by atomic mass is 79.9. The molecular formula is C14H18BrN3OS. The highest BCUT2D eigenvalue weighted by molar-refractivity contribution is 9.10. The molecule has 0 saturated carbocycles. The van der Waals surface area contributed by atoms with Crippen molar-refractivity contribution < 1.29 is 4.74 Å². The number of nitrogens with zero attached hydrogens (tertiary/aromatic N) is 2. The van der Waals surface area contributed by atoms with Gasteiger partial charge in [0.05, 0.1) is 35.6 Å². The SMILES string of the molecule is COCCn1ncc(Br)c1C(N)c1cc2c(s1)CCC2. The van der Waals surface area contributed by atoms with Crippen molar-refractivity contribution >= 4 is 27.3 Å². The Balaban J connectivity index is 1.89. The number of halogens is 1. The third-order valence-corrected chi connectivity index (χ3v) is 5.64. The van der Waals surface area contributed by atoms with E-state index in [-0.39, 0.29) is 6.04 Å². The van der Waals surface area contributed by atoms with E-state index in [0.717, 1.165) is 16.7 Å². The quantitative estimate of drug-likeness (QED) is 0.896. The van der Waals surface area contributed by atoms with E-state index in [1.165, 1.54) is 34.6 Å². The lowest BCUT2D eigenvalue weighted by Crippen LogP contribution is -2.18. The summed E-state index contributed by atoms with van der Waals surface area (Å²) in [5.41, 5.74) is 8.99. The van der Waals surface area contributed by atoms with Crippen molar-refractivity contribution in [2.75, 3.05) is 13.7 Å². The summed E-state index contributed by atoms with van der Waals surface area (Å²) in [6, 6.07) is 2.15. The van der Waals surface area contributed by atoms with Gasteiger partial charge in [0.1, 0.15) is 0 Å². The van der Waals surface area contributed by atoms with Gasteiger partial charge in [-0.15, -0.1) is 11.3 Å². The van der Waals surface area contributed by atoms with Crippen LogP contribution in [-0.2, 0) is 24.1 Å². The molecule has 0 radical (unpaired) electrons. The van der Waals surface area contributed by atoms with Crippen LogP contribution in [0.3, 0.4) is 0 Å². The van der Waals surface area contributed by atoms with Gasteiger partial charge >= 0.3 is 0 Å². The molecular weight excluding hydrogens is 338 g/mol. The summed E-state index contributed by atoms with van der Waals surface area (Å²) >= 11 is 5.42. The van der Waals surface area contributed by atoms with Crippen LogP contribution in [0.1, 0.15) is 33.5 Å². The topological polar surface area (TPSA) is 53.1 Å². The summed E-state index contributed by atoms with van der Waals surface area (Å²) in [5, 5.41) is 4.38. The monoisotopic (exact) mass is 355 g/mol. The highest BCUT2D eigenvalue weighted by Gasteiger charge is 2.23. The number of ether oxygens (including phenoxy) is 1. The first-order valence-electron chi connectivity index (χ1n) is 6.78. The van der Waals surface area contributed by atoms with Crippen molar-refractivity contribution in [1.29, 1.82) is 0 Å². The maximum absolute atomic E-state index is 6.47. The number of hydrogen-bond acceptors (Lipinski definition) is 4. The molecule has 2 heterocycles. The molecule has 1 aliphatic carbocycles. The Morgan fingerprint density at radius 2 is 2.40 bits per heavy atom. The molecule has 0 saturated heterocycles. The lowest BCUT2D eigenvalue weighted by Gasteiger charge is -2.14. The molecule has 1 unspecified atom stereocenters. The second-order valence-electron chi connectivity index (χ2n) is 5.02. The third-order valence-electron chi connectivity index (χ3n) is 3.71. The molecule has 6 heteroatoms. The molecule has 0 spiro atoms. The van der Waals surface area contributed by atoms with Crippen LogP contribution in [0.5, 0.6) is 0 Å². The number of methoxy groups -OCH3 is 1. The number of aryl methyl sites for hydroxylation is 2. The van der Waals surface area contributed by atoms with E-state index in [2.05, 4.69) is 27.1 Å². The van der Waals surface area contributed by atoms with Gasteiger partial charge in [-0.05, 0) is 46.8 Å². The van der Waals surface area contributed by atoms with Gasteiger partial charge in [0.25, 0.3) is 0 Å². The van der Waals surface area contributed by atoms with Crippen molar-refractivity contribution in [1.82, 2.24) is 9.78 Å². The molecule has 2 N–H and O–H groups in total. The molecule has 0 fully saturated rings. The van der Waals surface area contributed by atoms with Gasteiger partial charge < -0.3 is 10.5 Å². The molecule has 4 nitrogen and oxygen atoms in total. The number of thiophene rings is 1. The van der Waals surface area contributed by atoms with Crippen molar-refractivity contribution in [3.63, 3.8) is 0 Å². The minimum Gasteiger partial charge on any atom is -0.383 e. The molecule has 3 rings (SSSR count). The minimum absolute atomic E-state index is 0.126.